The Bertz CT molecular complexity index is 462. The monoisotopic (exact) mass is 263 g/mol. The minimum atomic E-state index is 0.319. The van der Waals surface area contributed by atoms with Gasteiger partial charge < -0.3 is 10.1 Å². The van der Waals surface area contributed by atoms with Crippen LogP contribution in [0, 0.1) is 13.8 Å². The van der Waals surface area contributed by atoms with Crippen LogP contribution in [0.4, 0.5) is 0 Å². The minimum absolute atomic E-state index is 0.319. The van der Waals surface area contributed by atoms with E-state index in [4.69, 9.17) is 4.74 Å². The molecule has 106 valence electrons. The van der Waals surface area contributed by atoms with Crippen LogP contribution >= 0.6 is 0 Å². The van der Waals surface area contributed by atoms with Crippen LogP contribution in [-0.4, -0.2) is 29.5 Å². The van der Waals surface area contributed by atoms with Gasteiger partial charge in [0.1, 0.15) is 5.76 Å². The van der Waals surface area contributed by atoms with Gasteiger partial charge in [0.2, 0.25) is 0 Å². The van der Waals surface area contributed by atoms with Crippen molar-refractivity contribution in [1.29, 1.82) is 0 Å². The fraction of sp³-hybridized carbons (Fsp3) is 0.667. The second kappa shape index (κ2) is 6.24. The highest BCUT2D eigenvalue weighted by molar-refractivity contribution is 5.25. The lowest BCUT2D eigenvalue weighted by atomic mass is 10.0. The Kier molecular flexibility index (Phi) is 4.64. The first-order chi connectivity index (χ1) is 9.13. The third-order valence-electron chi connectivity index (χ3n) is 4.00. The molecule has 0 fully saturated rings. The van der Waals surface area contributed by atoms with Gasteiger partial charge in [0, 0.05) is 12.7 Å². The zero-order valence-corrected chi connectivity index (χ0v) is 12.5. The topological polar surface area (TPSA) is 39.1 Å². The first kappa shape index (κ1) is 14.1. The SMILES string of the molecule is CNC(CCc1c(C)nn(C)c1C)C1=CCCCO1. The second-order valence-corrected chi connectivity index (χ2v) is 5.25. The van der Waals surface area contributed by atoms with Crippen molar-refractivity contribution in [1.82, 2.24) is 15.1 Å². The van der Waals surface area contributed by atoms with E-state index in [0.717, 1.165) is 43.7 Å². The van der Waals surface area contributed by atoms with Crippen molar-refractivity contribution >= 4 is 0 Å². The molecular weight excluding hydrogens is 238 g/mol. The predicted octanol–water partition coefficient (Wildman–Crippen LogP) is 2.25. The zero-order valence-electron chi connectivity index (χ0n) is 12.5. The van der Waals surface area contributed by atoms with Crippen LogP contribution in [0.15, 0.2) is 11.8 Å². The van der Waals surface area contributed by atoms with Crippen molar-refractivity contribution in [2.45, 2.75) is 45.6 Å². The average molecular weight is 263 g/mol. The molecule has 2 rings (SSSR count). The van der Waals surface area contributed by atoms with Crippen LogP contribution in [-0.2, 0) is 18.2 Å². The van der Waals surface area contributed by atoms with E-state index in [1.807, 2.05) is 18.8 Å². The van der Waals surface area contributed by atoms with Gasteiger partial charge in [-0.3, -0.25) is 4.68 Å². The number of aromatic nitrogens is 2. The maximum atomic E-state index is 5.76. The second-order valence-electron chi connectivity index (χ2n) is 5.25. The summed E-state index contributed by atoms with van der Waals surface area (Å²) >= 11 is 0. The van der Waals surface area contributed by atoms with Crippen LogP contribution in [0.2, 0.25) is 0 Å². The Morgan fingerprint density at radius 3 is 2.79 bits per heavy atom. The van der Waals surface area contributed by atoms with Gasteiger partial charge in [-0.1, -0.05) is 0 Å². The van der Waals surface area contributed by atoms with Gasteiger partial charge in [-0.25, -0.2) is 0 Å². The molecule has 0 radical (unpaired) electrons. The molecule has 1 atom stereocenters. The summed E-state index contributed by atoms with van der Waals surface area (Å²) in [5, 5.41) is 7.84. The number of rotatable bonds is 5. The third-order valence-corrected chi connectivity index (χ3v) is 4.00. The number of hydrogen-bond donors (Lipinski definition) is 1. The fourth-order valence-electron chi connectivity index (χ4n) is 2.72. The Hall–Kier alpha value is -1.29. The van der Waals surface area contributed by atoms with Gasteiger partial charge in [0.15, 0.2) is 0 Å². The summed E-state index contributed by atoms with van der Waals surface area (Å²) in [6.07, 6.45) is 6.60. The number of allylic oxidation sites excluding steroid dienone is 1. The fourth-order valence-corrected chi connectivity index (χ4v) is 2.72. The molecule has 0 aliphatic carbocycles. The van der Waals surface area contributed by atoms with Crippen molar-refractivity contribution in [3.05, 3.63) is 28.8 Å². The summed E-state index contributed by atoms with van der Waals surface area (Å²) < 4.78 is 7.73. The summed E-state index contributed by atoms with van der Waals surface area (Å²) in [5.41, 5.74) is 3.79. The van der Waals surface area contributed by atoms with Crippen LogP contribution in [0.3, 0.4) is 0 Å². The molecule has 0 spiro atoms. The Balaban J connectivity index is 2.01. The van der Waals surface area contributed by atoms with Gasteiger partial charge >= 0.3 is 0 Å². The van der Waals surface area contributed by atoms with Crippen LogP contribution in [0.5, 0.6) is 0 Å². The van der Waals surface area contributed by atoms with E-state index < -0.39 is 0 Å². The maximum Gasteiger partial charge on any atom is 0.109 e. The maximum absolute atomic E-state index is 5.76. The molecule has 2 heterocycles. The highest BCUT2D eigenvalue weighted by Crippen LogP contribution is 2.20. The van der Waals surface area contributed by atoms with Gasteiger partial charge in [-0.15, -0.1) is 0 Å². The molecule has 0 aromatic carbocycles. The molecule has 1 aliphatic heterocycles. The summed E-state index contributed by atoms with van der Waals surface area (Å²) in [6, 6.07) is 0.319. The normalized spacial score (nSPS) is 16.9. The largest absolute Gasteiger partial charge is 0.497 e. The highest BCUT2D eigenvalue weighted by Gasteiger charge is 2.18. The van der Waals surface area contributed by atoms with E-state index in [2.05, 4.69) is 30.3 Å². The van der Waals surface area contributed by atoms with Crippen LogP contribution in [0.1, 0.15) is 36.2 Å². The molecule has 1 N–H and O–H groups in total. The number of nitrogens with one attached hydrogen (secondary N) is 1. The van der Waals surface area contributed by atoms with Crippen molar-refractivity contribution in [2.24, 2.45) is 7.05 Å². The number of nitrogens with zero attached hydrogens (tertiary/aromatic N) is 2. The van der Waals surface area contributed by atoms with Gasteiger partial charge in [0.25, 0.3) is 0 Å². The van der Waals surface area contributed by atoms with Gasteiger partial charge in [-0.2, -0.15) is 5.10 Å². The molecule has 4 heteroatoms. The van der Waals surface area contributed by atoms with Crippen molar-refractivity contribution in [2.75, 3.05) is 13.7 Å². The quantitative estimate of drug-likeness (QED) is 0.885. The molecule has 0 saturated heterocycles. The van der Waals surface area contributed by atoms with Crippen LogP contribution < -0.4 is 5.32 Å². The summed E-state index contributed by atoms with van der Waals surface area (Å²) in [4.78, 5) is 0. The number of likely N-dealkylation sites (N-methyl/N-ethyl adjacent to an activating group) is 1. The van der Waals surface area contributed by atoms with Crippen molar-refractivity contribution < 1.29 is 4.74 Å². The Morgan fingerprint density at radius 2 is 2.26 bits per heavy atom. The number of hydrogen-bond acceptors (Lipinski definition) is 3. The molecular formula is C15H25N3O. The molecule has 0 amide bonds. The third kappa shape index (κ3) is 3.18. The first-order valence-electron chi connectivity index (χ1n) is 7.12. The van der Waals surface area contributed by atoms with E-state index in [1.54, 1.807) is 0 Å². The molecule has 4 nitrogen and oxygen atoms in total. The van der Waals surface area contributed by atoms with E-state index in [1.165, 1.54) is 11.3 Å². The molecule has 1 aromatic heterocycles. The lowest BCUT2D eigenvalue weighted by Gasteiger charge is -2.23. The Labute approximate surface area is 115 Å². The standard InChI is InChI=1S/C15H25N3O/c1-11-13(12(2)18(4)17-11)8-9-14(16-3)15-7-5-6-10-19-15/h7,14,16H,5-6,8-10H2,1-4H3. The summed E-state index contributed by atoms with van der Waals surface area (Å²) in [7, 11) is 4.01. The predicted molar refractivity (Wildman–Crippen MR) is 77.1 cm³/mol. The van der Waals surface area contributed by atoms with E-state index in [-0.39, 0.29) is 0 Å². The molecule has 0 bridgehead atoms. The minimum Gasteiger partial charge on any atom is -0.497 e. The lowest BCUT2D eigenvalue weighted by Crippen LogP contribution is -2.30. The number of ether oxygens (including phenoxy) is 1. The average Bonchev–Trinajstić information content (AvgIpc) is 2.66. The highest BCUT2D eigenvalue weighted by atomic mass is 16.5. The first-order valence-corrected chi connectivity index (χ1v) is 7.12. The van der Waals surface area contributed by atoms with Gasteiger partial charge in [0.05, 0.1) is 18.3 Å². The number of aryl methyl sites for hydroxylation is 2. The van der Waals surface area contributed by atoms with Gasteiger partial charge in [-0.05, 0) is 58.2 Å². The molecule has 1 unspecified atom stereocenters. The lowest BCUT2D eigenvalue weighted by molar-refractivity contribution is 0.167. The summed E-state index contributed by atoms with van der Waals surface area (Å²) in [5.74, 6) is 1.12. The Morgan fingerprint density at radius 1 is 1.47 bits per heavy atom. The van der Waals surface area contributed by atoms with Crippen LogP contribution in [0.25, 0.3) is 0 Å². The molecule has 1 aliphatic rings. The molecule has 0 saturated carbocycles. The molecule has 1 aromatic rings. The summed E-state index contributed by atoms with van der Waals surface area (Å²) in [6.45, 7) is 5.09. The van der Waals surface area contributed by atoms with E-state index in [0.29, 0.717) is 6.04 Å². The van der Waals surface area contributed by atoms with Crippen molar-refractivity contribution in [3.8, 4) is 0 Å². The zero-order chi connectivity index (χ0) is 13.8. The van der Waals surface area contributed by atoms with Crippen molar-refractivity contribution in [3.63, 3.8) is 0 Å². The van der Waals surface area contributed by atoms with E-state index >= 15 is 0 Å². The molecule has 19 heavy (non-hydrogen) atoms. The van der Waals surface area contributed by atoms with E-state index in [9.17, 15) is 0 Å². The smallest absolute Gasteiger partial charge is 0.109 e.